The number of nitrogens with one attached hydrogen (secondary N) is 1. The van der Waals surface area contributed by atoms with Gasteiger partial charge in [0.15, 0.2) is 0 Å². The number of hydrogen-bond acceptors (Lipinski definition) is 3. The second kappa shape index (κ2) is 9.87. The molecule has 5 nitrogen and oxygen atoms in total. The summed E-state index contributed by atoms with van der Waals surface area (Å²) in [5.41, 5.74) is 2.00. The van der Waals surface area contributed by atoms with Crippen LogP contribution in [0, 0.1) is 0 Å². The number of carbonyl (C=O) groups is 1. The third-order valence-corrected chi connectivity index (χ3v) is 7.71. The van der Waals surface area contributed by atoms with E-state index in [1.807, 2.05) is 43.3 Å². The zero-order chi connectivity index (χ0) is 20.9. The highest BCUT2D eigenvalue weighted by Gasteiger charge is 2.25. The van der Waals surface area contributed by atoms with Crippen LogP contribution in [-0.2, 0) is 21.2 Å². The van der Waals surface area contributed by atoms with E-state index in [1.165, 1.54) is 0 Å². The van der Waals surface area contributed by atoms with Crippen molar-refractivity contribution in [3.05, 3.63) is 64.1 Å². The van der Waals surface area contributed by atoms with Crippen LogP contribution in [0.2, 0.25) is 0 Å². The van der Waals surface area contributed by atoms with Crippen molar-refractivity contribution in [2.45, 2.75) is 50.0 Å². The number of carbonyl (C=O) groups excluding carboxylic acids is 1. The highest BCUT2D eigenvalue weighted by molar-refractivity contribution is 9.10. The molecule has 1 N–H and O–H groups in total. The summed E-state index contributed by atoms with van der Waals surface area (Å²) in [4.78, 5) is 12.6. The van der Waals surface area contributed by atoms with E-state index >= 15 is 0 Å². The molecule has 0 aromatic heterocycles. The summed E-state index contributed by atoms with van der Waals surface area (Å²) in [5.74, 6) is -0.0227. The number of halogens is 1. The molecule has 0 spiro atoms. The molecule has 1 aliphatic rings. The number of sulfonamides is 1. The van der Waals surface area contributed by atoms with Gasteiger partial charge < -0.3 is 5.32 Å². The molecule has 1 heterocycles. The number of amides is 1. The molecular formula is C22H27BrN2O3S. The van der Waals surface area contributed by atoms with Gasteiger partial charge in [-0.05, 0) is 61.6 Å². The fraction of sp³-hybridized carbons (Fsp3) is 0.409. The van der Waals surface area contributed by atoms with Gasteiger partial charge in [-0.2, -0.15) is 4.31 Å². The Morgan fingerprint density at radius 2 is 1.66 bits per heavy atom. The minimum Gasteiger partial charge on any atom is -0.350 e. The Kier molecular flexibility index (Phi) is 7.49. The van der Waals surface area contributed by atoms with Crippen molar-refractivity contribution in [1.29, 1.82) is 0 Å². The summed E-state index contributed by atoms with van der Waals surface area (Å²) in [6.45, 7) is 3.16. The topological polar surface area (TPSA) is 66.5 Å². The smallest absolute Gasteiger partial charge is 0.243 e. The molecule has 1 amide bonds. The molecule has 0 aliphatic carbocycles. The number of benzene rings is 2. The minimum atomic E-state index is -3.41. The van der Waals surface area contributed by atoms with Crippen molar-refractivity contribution < 1.29 is 13.2 Å². The molecule has 1 saturated heterocycles. The van der Waals surface area contributed by atoms with Crippen molar-refractivity contribution in [1.82, 2.24) is 9.62 Å². The summed E-state index contributed by atoms with van der Waals surface area (Å²) >= 11 is 3.41. The van der Waals surface area contributed by atoms with Gasteiger partial charge in [0.25, 0.3) is 0 Å². The molecule has 7 heteroatoms. The number of hydrogen-bond donors (Lipinski definition) is 1. The summed E-state index contributed by atoms with van der Waals surface area (Å²) in [7, 11) is -3.41. The molecule has 1 fully saturated rings. The SMILES string of the molecule is CC(NC(=O)CCc1ccc(S(=O)(=O)N2CCCCC2)cc1)c1ccc(Br)cc1. The van der Waals surface area contributed by atoms with Gasteiger partial charge in [-0.1, -0.05) is 46.6 Å². The van der Waals surface area contributed by atoms with E-state index in [0.29, 0.717) is 30.8 Å². The lowest BCUT2D eigenvalue weighted by atomic mass is 10.1. The summed E-state index contributed by atoms with van der Waals surface area (Å²) in [6, 6.07) is 14.7. The molecular weight excluding hydrogens is 452 g/mol. The third kappa shape index (κ3) is 5.90. The Morgan fingerprint density at radius 3 is 2.28 bits per heavy atom. The molecule has 1 atom stereocenters. The van der Waals surface area contributed by atoms with Crippen LogP contribution >= 0.6 is 15.9 Å². The Balaban J connectivity index is 1.53. The highest BCUT2D eigenvalue weighted by Crippen LogP contribution is 2.21. The molecule has 0 saturated carbocycles. The van der Waals surface area contributed by atoms with Gasteiger partial charge in [0, 0.05) is 24.0 Å². The first-order valence-corrected chi connectivity index (χ1v) is 12.2. The van der Waals surface area contributed by atoms with Gasteiger partial charge in [-0.25, -0.2) is 8.42 Å². The first kappa shape index (κ1) is 22.0. The Hall–Kier alpha value is -1.70. The highest BCUT2D eigenvalue weighted by atomic mass is 79.9. The maximum atomic E-state index is 12.7. The number of rotatable bonds is 7. The van der Waals surface area contributed by atoms with E-state index in [9.17, 15) is 13.2 Å². The van der Waals surface area contributed by atoms with Gasteiger partial charge in [0.05, 0.1) is 10.9 Å². The van der Waals surface area contributed by atoms with E-state index in [2.05, 4.69) is 21.2 Å². The summed E-state index contributed by atoms with van der Waals surface area (Å²) < 4.78 is 28.0. The Bertz CT molecular complexity index is 922. The van der Waals surface area contributed by atoms with Gasteiger partial charge in [-0.15, -0.1) is 0 Å². The zero-order valence-electron chi connectivity index (χ0n) is 16.6. The van der Waals surface area contributed by atoms with E-state index < -0.39 is 10.0 Å². The van der Waals surface area contributed by atoms with Crippen molar-refractivity contribution in [2.75, 3.05) is 13.1 Å². The van der Waals surface area contributed by atoms with Gasteiger partial charge in [0.1, 0.15) is 0 Å². The molecule has 1 unspecified atom stereocenters. The molecule has 3 rings (SSSR count). The van der Waals surface area contributed by atoms with Crippen LogP contribution in [0.15, 0.2) is 57.9 Å². The lowest BCUT2D eigenvalue weighted by Crippen LogP contribution is -2.35. The van der Waals surface area contributed by atoms with Crippen LogP contribution in [-0.4, -0.2) is 31.7 Å². The quantitative estimate of drug-likeness (QED) is 0.639. The van der Waals surface area contributed by atoms with E-state index in [-0.39, 0.29) is 11.9 Å². The minimum absolute atomic E-state index is 0.0227. The number of nitrogens with zero attached hydrogens (tertiary/aromatic N) is 1. The van der Waals surface area contributed by atoms with Crippen molar-refractivity contribution >= 4 is 31.9 Å². The molecule has 0 bridgehead atoms. The maximum Gasteiger partial charge on any atom is 0.243 e. The summed E-state index contributed by atoms with van der Waals surface area (Å²) in [5, 5.41) is 3.01. The lowest BCUT2D eigenvalue weighted by molar-refractivity contribution is -0.121. The van der Waals surface area contributed by atoms with E-state index in [4.69, 9.17) is 0 Å². The molecule has 2 aromatic carbocycles. The predicted molar refractivity (Wildman–Crippen MR) is 118 cm³/mol. The predicted octanol–water partition coefficient (Wildman–Crippen LogP) is 4.43. The molecule has 2 aromatic rings. The number of aryl methyl sites for hydroxylation is 1. The van der Waals surface area contributed by atoms with Crippen LogP contribution < -0.4 is 5.32 Å². The Morgan fingerprint density at radius 1 is 1.03 bits per heavy atom. The third-order valence-electron chi connectivity index (χ3n) is 5.26. The largest absolute Gasteiger partial charge is 0.350 e. The average molecular weight is 479 g/mol. The molecule has 156 valence electrons. The monoisotopic (exact) mass is 478 g/mol. The van der Waals surface area contributed by atoms with Crippen molar-refractivity contribution in [2.24, 2.45) is 0 Å². The van der Waals surface area contributed by atoms with Crippen LogP contribution in [0.4, 0.5) is 0 Å². The zero-order valence-corrected chi connectivity index (χ0v) is 19.0. The number of piperidine rings is 1. The normalized spacial score (nSPS) is 16.3. The van der Waals surface area contributed by atoms with E-state index in [0.717, 1.165) is 34.9 Å². The van der Waals surface area contributed by atoms with Crippen LogP contribution in [0.25, 0.3) is 0 Å². The fourth-order valence-electron chi connectivity index (χ4n) is 3.49. The Labute approximate surface area is 181 Å². The fourth-order valence-corrected chi connectivity index (χ4v) is 5.27. The van der Waals surface area contributed by atoms with Gasteiger partial charge >= 0.3 is 0 Å². The van der Waals surface area contributed by atoms with Crippen LogP contribution in [0.3, 0.4) is 0 Å². The van der Waals surface area contributed by atoms with E-state index in [1.54, 1.807) is 16.4 Å². The van der Waals surface area contributed by atoms with Crippen molar-refractivity contribution in [3.8, 4) is 0 Å². The summed E-state index contributed by atoms with van der Waals surface area (Å²) in [6.07, 6.45) is 3.87. The first-order chi connectivity index (χ1) is 13.9. The molecule has 29 heavy (non-hydrogen) atoms. The lowest BCUT2D eigenvalue weighted by Gasteiger charge is -2.25. The molecule has 0 radical (unpaired) electrons. The first-order valence-electron chi connectivity index (χ1n) is 10.0. The molecule has 1 aliphatic heterocycles. The van der Waals surface area contributed by atoms with Gasteiger partial charge in [-0.3, -0.25) is 4.79 Å². The maximum absolute atomic E-state index is 12.7. The standard InChI is InChI=1S/C22H27BrN2O3S/c1-17(19-8-10-20(23)11-9-19)24-22(26)14-7-18-5-12-21(13-6-18)29(27,28)25-15-3-2-4-16-25/h5-6,8-13,17H,2-4,7,14-16H2,1H3,(H,24,26). The van der Waals surface area contributed by atoms with Gasteiger partial charge in [0.2, 0.25) is 15.9 Å². The van der Waals surface area contributed by atoms with Crippen LogP contribution in [0.5, 0.6) is 0 Å². The van der Waals surface area contributed by atoms with Crippen LogP contribution in [0.1, 0.15) is 49.8 Å². The second-order valence-electron chi connectivity index (χ2n) is 7.45. The van der Waals surface area contributed by atoms with Crippen molar-refractivity contribution in [3.63, 3.8) is 0 Å². The second-order valence-corrected chi connectivity index (χ2v) is 10.3. The average Bonchev–Trinajstić information content (AvgIpc) is 2.73.